The zero-order chi connectivity index (χ0) is 22.4. The lowest BCUT2D eigenvalue weighted by Crippen LogP contribution is -2.40. The molecule has 31 heavy (non-hydrogen) atoms. The minimum Gasteiger partial charge on any atom is -0.489 e. The molecule has 2 aliphatic rings. The number of morpholine rings is 1. The van der Waals surface area contributed by atoms with Crippen molar-refractivity contribution in [1.82, 2.24) is 4.90 Å². The Balaban J connectivity index is 1.58. The molecule has 0 N–H and O–H groups in total. The predicted octanol–water partition coefficient (Wildman–Crippen LogP) is 2.38. The van der Waals surface area contributed by atoms with E-state index >= 15 is 0 Å². The topological polar surface area (TPSA) is 82.1 Å². The second-order valence-corrected chi connectivity index (χ2v) is 7.67. The lowest BCUT2D eigenvalue weighted by Gasteiger charge is -2.26. The largest absolute Gasteiger partial charge is 0.489 e. The molecular formula is C24H29NO6. The molecular weight excluding hydrogens is 398 g/mol. The van der Waals surface area contributed by atoms with Gasteiger partial charge in [0.25, 0.3) is 0 Å². The summed E-state index contributed by atoms with van der Waals surface area (Å²) in [6, 6.07) is 7.93. The van der Waals surface area contributed by atoms with Gasteiger partial charge in [0.1, 0.15) is 0 Å². The summed E-state index contributed by atoms with van der Waals surface area (Å²) in [4.78, 5) is 39.4. The lowest BCUT2D eigenvalue weighted by molar-refractivity contribution is -0.135. The Labute approximate surface area is 182 Å². The molecule has 3 rings (SSSR count). The van der Waals surface area contributed by atoms with Gasteiger partial charge in [0.15, 0.2) is 0 Å². The summed E-state index contributed by atoms with van der Waals surface area (Å²) in [6.07, 6.45) is 2.46. The highest BCUT2D eigenvalue weighted by atomic mass is 16.5. The number of allylic oxidation sites excluding steroid dienone is 2. The van der Waals surface area contributed by atoms with Crippen LogP contribution in [0.25, 0.3) is 0 Å². The Bertz CT molecular complexity index is 907. The smallest absolute Gasteiger partial charge is 0.228 e. The monoisotopic (exact) mass is 427 g/mol. The van der Waals surface area contributed by atoms with Crippen LogP contribution in [0.5, 0.6) is 0 Å². The molecule has 7 heteroatoms. The fourth-order valence-electron chi connectivity index (χ4n) is 3.85. The molecule has 1 aliphatic heterocycles. The molecule has 0 radical (unpaired) electrons. The number of benzene rings is 1. The van der Waals surface area contributed by atoms with E-state index in [4.69, 9.17) is 14.2 Å². The number of carbonyl (C=O) groups excluding carboxylic acids is 3. The second kappa shape index (κ2) is 10.4. The quantitative estimate of drug-likeness (QED) is 0.593. The van der Waals surface area contributed by atoms with Crippen LogP contribution in [0.4, 0.5) is 0 Å². The van der Waals surface area contributed by atoms with Crippen LogP contribution in [0, 0.1) is 0 Å². The number of ether oxygens (including phenoxy) is 3. The van der Waals surface area contributed by atoms with E-state index in [0.29, 0.717) is 50.3 Å². The van der Waals surface area contributed by atoms with Gasteiger partial charge in [-0.25, -0.2) is 0 Å². The number of hydrogen-bond acceptors (Lipinski definition) is 6. The van der Waals surface area contributed by atoms with Crippen LogP contribution < -0.4 is 0 Å². The zero-order valence-electron chi connectivity index (χ0n) is 18.4. The number of ketones is 2. The third-order valence-corrected chi connectivity index (χ3v) is 5.72. The number of methoxy groups -OCH3 is 2. The lowest BCUT2D eigenvalue weighted by atomic mass is 9.88. The average molecular weight is 427 g/mol. The van der Waals surface area contributed by atoms with Crippen LogP contribution in [0.2, 0.25) is 0 Å². The van der Waals surface area contributed by atoms with Crippen molar-refractivity contribution in [3.05, 3.63) is 58.1 Å². The van der Waals surface area contributed by atoms with Crippen molar-refractivity contribution < 1.29 is 28.6 Å². The Morgan fingerprint density at radius 3 is 2.16 bits per heavy atom. The SMILES string of the molecule is COC1=C(OC)C(=O)C(Cc2ccc(CCCC(=O)N3CCOCC3)cc2)=C(C)C1=O. The summed E-state index contributed by atoms with van der Waals surface area (Å²) >= 11 is 0. The molecule has 166 valence electrons. The Hall–Kier alpha value is -2.93. The molecule has 1 heterocycles. The molecule has 1 aliphatic carbocycles. The molecule has 7 nitrogen and oxygen atoms in total. The number of carbonyl (C=O) groups is 3. The molecule has 0 unspecified atom stereocenters. The Morgan fingerprint density at radius 1 is 0.968 bits per heavy atom. The molecule has 0 saturated carbocycles. The van der Waals surface area contributed by atoms with Crippen molar-refractivity contribution in [2.24, 2.45) is 0 Å². The number of nitrogens with zero attached hydrogens (tertiary/aromatic N) is 1. The minimum atomic E-state index is -0.324. The summed E-state index contributed by atoms with van der Waals surface area (Å²) < 4.78 is 15.5. The maximum atomic E-state index is 12.8. The van der Waals surface area contributed by atoms with Gasteiger partial charge < -0.3 is 19.1 Å². The van der Waals surface area contributed by atoms with Gasteiger partial charge in [-0.15, -0.1) is 0 Å². The Kier molecular flexibility index (Phi) is 7.63. The molecule has 0 aromatic heterocycles. The first-order chi connectivity index (χ1) is 15.0. The molecule has 1 amide bonds. The zero-order valence-corrected chi connectivity index (χ0v) is 18.4. The first kappa shape index (κ1) is 22.7. The van der Waals surface area contributed by atoms with E-state index in [-0.39, 0.29) is 29.0 Å². The number of amides is 1. The van der Waals surface area contributed by atoms with E-state index in [1.54, 1.807) is 6.92 Å². The van der Waals surface area contributed by atoms with Gasteiger partial charge in [0.05, 0.1) is 27.4 Å². The third-order valence-electron chi connectivity index (χ3n) is 5.72. The maximum Gasteiger partial charge on any atom is 0.228 e. The van der Waals surface area contributed by atoms with Gasteiger partial charge in [-0.1, -0.05) is 24.3 Å². The predicted molar refractivity (Wildman–Crippen MR) is 114 cm³/mol. The maximum absolute atomic E-state index is 12.8. The van der Waals surface area contributed by atoms with Gasteiger partial charge in [-0.05, 0) is 30.9 Å². The van der Waals surface area contributed by atoms with Gasteiger partial charge in [0.2, 0.25) is 29.0 Å². The van der Waals surface area contributed by atoms with Crippen molar-refractivity contribution in [2.75, 3.05) is 40.5 Å². The summed E-state index contributed by atoms with van der Waals surface area (Å²) in [7, 11) is 2.71. The van der Waals surface area contributed by atoms with Gasteiger partial charge in [-0.3, -0.25) is 14.4 Å². The molecule has 1 aromatic rings. The molecule has 1 saturated heterocycles. The highest BCUT2D eigenvalue weighted by Crippen LogP contribution is 2.28. The Morgan fingerprint density at radius 2 is 1.55 bits per heavy atom. The number of aryl methyl sites for hydroxylation is 1. The number of Topliss-reactive ketones (excluding diaryl/α,β-unsaturated/α-hetero) is 2. The van der Waals surface area contributed by atoms with Crippen molar-refractivity contribution in [3.8, 4) is 0 Å². The summed E-state index contributed by atoms with van der Waals surface area (Å²) in [5.41, 5.74) is 2.87. The first-order valence-electron chi connectivity index (χ1n) is 10.5. The van der Waals surface area contributed by atoms with E-state index in [2.05, 4.69) is 0 Å². The highest BCUT2D eigenvalue weighted by molar-refractivity contribution is 6.23. The fourth-order valence-corrected chi connectivity index (χ4v) is 3.85. The van der Waals surface area contributed by atoms with Crippen LogP contribution in [0.1, 0.15) is 30.9 Å². The summed E-state index contributed by atoms with van der Waals surface area (Å²) in [5, 5.41) is 0. The van der Waals surface area contributed by atoms with E-state index in [1.807, 2.05) is 29.2 Å². The average Bonchev–Trinajstić information content (AvgIpc) is 2.80. The van der Waals surface area contributed by atoms with Crippen LogP contribution in [0.15, 0.2) is 46.9 Å². The van der Waals surface area contributed by atoms with Gasteiger partial charge in [-0.2, -0.15) is 0 Å². The van der Waals surface area contributed by atoms with Crippen LogP contribution in [-0.4, -0.2) is 62.9 Å². The van der Waals surface area contributed by atoms with Crippen LogP contribution in [0.3, 0.4) is 0 Å². The normalized spacial score (nSPS) is 17.3. The van der Waals surface area contributed by atoms with Crippen molar-refractivity contribution in [1.29, 1.82) is 0 Å². The molecule has 0 atom stereocenters. The second-order valence-electron chi connectivity index (χ2n) is 7.67. The van der Waals surface area contributed by atoms with E-state index < -0.39 is 0 Å². The summed E-state index contributed by atoms with van der Waals surface area (Å²) in [5.74, 6) is -0.553. The van der Waals surface area contributed by atoms with Crippen molar-refractivity contribution >= 4 is 17.5 Å². The first-order valence-corrected chi connectivity index (χ1v) is 10.5. The van der Waals surface area contributed by atoms with Gasteiger partial charge in [0, 0.05) is 37.1 Å². The third kappa shape index (κ3) is 5.22. The van der Waals surface area contributed by atoms with Crippen molar-refractivity contribution in [3.63, 3.8) is 0 Å². The summed E-state index contributed by atoms with van der Waals surface area (Å²) in [6.45, 7) is 4.23. The number of hydrogen-bond donors (Lipinski definition) is 0. The molecule has 1 aromatic carbocycles. The van der Waals surface area contributed by atoms with E-state index in [1.165, 1.54) is 14.2 Å². The number of rotatable bonds is 8. The fraction of sp³-hybridized carbons (Fsp3) is 0.458. The van der Waals surface area contributed by atoms with Gasteiger partial charge >= 0.3 is 0 Å². The van der Waals surface area contributed by atoms with Crippen LogP contribution in [-0.2, 0) is 41.4 Å². The minimum absolute atomic E-state index is 0.0456. The van der Waals surface area contributed by atoms with E-state index in [0.717, 1.165) is 24.0 Å². The highest BCUT2D eigenvalue weighted by Gasteiger charge is 2.34. The van der Waals surface area contributed by atoms with Crippen LogP contribution >= 0.6 is 0 Å². The molecule has 1 fully saturated rings. The van der Waals surface area contributed by atoms with Crippen molar-refractivity contribution in [2.45, 2.75) is 32.6 Å². The standard InChI is InChI=1S/C24H29NO6/c1-16-19(22(28)24(30-3)23(29-2)21(16)27)15-18-9-7-17(8-10-18)5-4-6-20(26)25-11-13-31-14-12-25/h7-10H,4-6,11-15H2,1-3H3. The molecule has 0 bridgehead atoms. The van der Waals surface area contributed by atoms with E-state index in [9.17, 15) is 14.4 Å². The molecule has 0 spiro atoms.